The van der Waals surface area contributed by atoms with E-state index in [1.807, 2.05) is 60.7 Å². The molecule has 2 heterocycles. The van der Waals surface area contributed by atoms with Gasteiger partial charge in [0.05, 0.1) is 18.3 Å². The van der Waals surface area contributed by atoms with Crippen LogP contribution in [-0.2, 0) is 16.1 Å². The van der Waals surface area contributed by atoms with E-state index >= 15 is 0 Å². The van der Waals surface area contributed by atoms with Crippen molar-refractivity contribution < 1.29 is 14.3 Å². The fourth-order valence-electron chi connectivity index (χ4n) is 4.18. The lowest BCUT2D eigenvalue weighted by Gasteiger charge is -2.25. The number of aromatic nitrogens is 2. The number of anilines is 3. The Kier molecular flexibility index (Phi) is 9.49. The van der Waals surface area contributed by atoms with E-state index in [1.54, 1.807) is 13.4 Å². The number of nitrogens with zero attached hydrogens (tertiary/aromatic N) is 2. The van der Waals surface area contributed by atoms with Gasteiger partial charge in [-0.3, -0.25) is 4.79 Å². The van der Waals surface area contributed by atoms with E-state index in [1.165, 1.54) is 0 Å². The van der Waals surface area contributed by atoms with Crippen molar-refractivity contribution in [3.8, 4) is 18.1 Å². The van der Waals surface area contributed by atoms with E-state index in [0.29, 0.717) is 19.1 Å². The summed E-state index contributed by atoms with van der Waals surface area (Å²) in [5.74, 6) is 4.17. The first-order valence-corrected chi connectivity index (χ1v) is 12.4. The van der Waals surface area contributed by atoms with E-state index in [0.717, 1.165) is 70.9 Å². The number of nitrogens with one attached hydrogen (secondary N) is 3. The summed E-state index contributed by atoms with van der Waals surface area (Å²) in [6.45, 7) is 2.86. The van der Waals surface area contributed by atoms with Crippen LogP contribution in [0.4, 0.5) is 17.2 Å². The number of hydrogen-bond donors (Lipinski definition) is 3. The Hall–Kier alpha value is -4.61. The minimum atomic E-state index is 0.365. The van der Waals surface area contributed by atoms with Crippen LogP contribution in [0.5, 0.6) is 5.75 Å². The van der Waals surface area contributed by atoms with Gasteiger partial charge in [0.2, 0.25) is 0 Å². The van der Waals surface area contributed by atoms with Crippen molar-refractivity contribution in [1.82, 2.24) is 15.3 Å². The van der Waals surface area contributed by atoms with E-state index in [9.17, 15) is 4.79 Å². The second-order valence-corrected chi connectivity index (χ2v) is 8.70. The maximum Gasteiger partial charge on any atom is 0.293 e. The Morgan fingerprint density at radius 2 is 1.89 bits per heavy atom. The van der Waals surface area contributed by atoms with Gasteiger partial charge >= 0.3 is 0 Å². The molecule has 4 aromatic rings. The summed E-state index contributed by atoms with van der Waals surface area (Å²) in [6.07, 6.45) is 9.22. The molecule has 194 valence electrons. The van der Waals surface area contributed by atoms with Gasteiger partial charge in [0.1, 0.15) is 24.5 Å². The van der Waals surface area contributed by atoms with Crippen LogP contribution < -0.4 is 20.7 Å². The summed E-state index contributed by atoms with van der Waals surface area (Å²) in [6, 6.07) is 21.7. The number of rotatable bonds is 8. The van der Waals surface area contributed by atoms with Crippen LogP contribution in [0.15, 0.2) is 73.1 Å². The highest BCUT2D eigenvalue weighted by Crippen LogP contribution is 2.34. The molecule has 0 unspecified atom stereocenters. The van der Waals surface area contributed by atoms with Crippen molar-refractivity contribution in [2.45, 2.75) is 25.5 Å². The Balaban J connectivity index is 0.000000283. The van der Waals surface area contributed by atoms with E-state index in [2.05, 4.69) is 42.6 Å². The molecular weight excluding hydrogens is 478 g/mol. The first kappa shape index (κ1) is 26.5. The van der Waals surface area contributed by atoms with Gasteiger partial charge in [-0.2, -0.15) is 0 Å². The van der Waals surface area contributed by atoms with Crippen molar-refractivity contribution in [2.24, 2.45) is 0 Å². The summed E-state index contributed by atoms with van der Waals surface area (Å²) >= 11 is 0. The third kappa shape index (κ3) is 7.21. The van der Waals surface area contributed by atoms with Crippen LogP contribution in [0.25, 0.3) is 10.9 Å². The molecule has 8 nitrogen and oxygen atoms in total. The van der Waals surface area contributed by atoms with Crippen LogP contribution in [0.2, 0.25) is 0 Å². The molecule has 0 amide bonds. The highest BCUT2D eigenvalue weighted by Gasteiger charge is 2.16. The van der Waals surface area contributed by atoms with Crippen LogP contribution >= 0.6 is 0 Å². The van der Waals surface area contributed by atoms with Crippen LogP contribution in [0.3, 0.4) is 0 Å². The largest absolute Gasteiger partial charge is 0.495 e. The average molecular weight is 510 g/mol. The maximum absolute atomic E-state index is 9.76. The molecule has 0 saturated carbocycles. The van der Waals surface area contributed by atoms with Crippen molar-refractivity contribution in [2.75, 3.05) is 30.8 Å². The van der Waals surface area contributed by atoms with Crippen LogP contribution in [0, 0.1) is 12.3 Å². The van der Waals surface area contributed by atoms with Crippen LogP contribution in [0.1, 0.15) is 24.0 Å². The molecule has 1 aliphatic heterocycles. The molecule has 38 heavy (non-hydrogen) atoms. The summed E-state index contributed by atoms with van der Waals surface area (Å²) in [4.78, 5) is 18.6. The monoisotopic (exact) mass is 509 g/mol. The summed E-state index contributed by atoms with van der Waals surface area (Å²) < 4.78 is 10.1. The molecule has 0 spiro atoms. The predicted octanol–water partition coefficient (Wildman–Crippen LogP) is 4.89. The first-order valence-electron chi connectivity index (χ1n) is 12.4. The molecule has 0 atom stereocenters. The normalized spacial score (nSPS) is 12.9. The Labute approximate surface area is 222 Å². The molecule has 1 aliphatic rings. The Morgan fingerprint density at radius 3 is 2.63 bits per heavy atom. The maximum atomic E-state index is 9.76. The second kappa shape index (κ2) is 13.6. The van der Waals surface area contributed by atoms with Gasteiger partial charge in [0.25, 0.3) is 6.47 Å². The summed E-state index contributed by atoms with van der Waals surface area (Å²) in [7, 11) is 1.68. The summed E-state index contributed by atoms with van der Waals surface area (Å²) in [5, 5.41) is 11.3. The third-order valence-electron chi connectivity index (χ3n) is 6.11. The minimum absolute atomic E-state index is 0.365. The van der Waals surface area contributed by atoms with Gasteiger partial charge in [0.15, 0.2) is 0 Å². The number of carbonyl (C=O) groups excluding carboxylic acids is 1. The quantitative estimate of drug-likeness (QED) is 0.228. The highest BCUT2D eigenvalue weighted by molar-refractivity contribution is 5.95. The van der Waals surface area contributed by atoms with Crippen LogP contribution in [-0.4, -0.2) is 42.7 Å². The van der Waals surface area contributed by atoms with Gasteiger partial charge in [-0.15, -0.1) is 6.42 Å². The number of piperidine rings is 1. The molecule has 1 aromatic heterocycles. The highest BCUT2D eigenvalue weighted by atomic mass is 16.5. The lowest BCUT2D eigenvalue weighted by Crippen LogP contribution is -2.35. The number of methoxy groups -OCH3 is 1. The molecule has 1 saturated heterocycles. The van der Waals surface area contributed by atoms with Gasteiger partial charge < -0.3 is 25.4 Å². The molecule has 1 fully saturated rings. The number of benzene rings is 3. The Bertz CT molecular complexity index is 1380. The number of ether oxygens (including phenoxy) is 2. The first-order chi connectivity index (χ1) is 18.7. The van der Waals surface area contributed by atoms with Crippen molar-refractivity contribution >= 4 is 34.6 Å². The molecule has 3 N–H and O–H groups in total. The van der Waals surface area contributed by atoms with Crippen molar-refractivity contribution in [1.29, 1.82) is 0 Å². The van der Waals surface area contributed by atoms with Gasteiger partial charge in [-0.1, -0.05) is 42.3 Å². The minimum Gasteiger partial charge on any atom is -0.495 e. The smallest absolute Gasteiger partial charge is 0.293 e. The number of fused-ring (bicyclic) bond motifs is 1. The lowest BCUT2D eigenvalue weighted by atomic mass is 10.1. The van der Waals surface area contributed by atoms with E-state index in [-0.39, 0.29) is 0 Å². The molecule has 0 radical (unpaired) electrons. The molecule has 8 heteroatoms. The topological polar surface area (TPSA) is 97.4 Å². The summed E-state index contributed by atoms with van der Waals surface area (Å²) in [5.41, 5.74) is 4.49. The zero-order valence-electron chi connectivity index (χ0n) is 21.3. The fourth-order valence-corrected chi connectivity index (χ4v) is 4.18. The Morgan fingerprint density at radius 1 is 1.08 bits per heavy atom. The van der Waals surface area contributed by atoms with Gasteiger partial charge in [-0.05, 0) is 55.8 Å². The van der Waals surface area contributed by atoms with E-state index in [4.69, 9.17) is 11.2 Å². The number of carbonyl (C=O) groups is 1. The predicted molar refractivity (Wildman–Crippen MR) is 151 cm³/mol. The SMILES string of the molecule is C#Cc1cccc(Nc2ncnc3cc(OC)c(NC4CCNCC4)cc23)c1.O=COCc1ccccc1. The van der Waals surface area contributed by atoms with Gasteiger partial charge in [-0.25, -0.2) is 9.97 Å². The molecule has 0 aliphatic carbocycles. The molecule has 3 aromatic carbocycles. The average Bonchev–Trinajstić information content (AvgIpc) is 2.97. The zero-order valence-corrected chi connectivity index (χ0v) is 21.3. The third-order valence-corrected chi connectivity index (χ3v) is 6.11. The molecule has 0 bridgehead atoms. The molecular formula is C30H31N5O3. The zero-order chi connectivity index (χ0) is 26.6. The number of terminal acetylenes is 1. The number of hydrogen-bond acceptors (Lipinski definition) is 8. The lowest BCUT2D eigenvalue weighted by molar-refractivity contribution is -0.129. The second-order valence-electron chi connectivity index (χ2n) is 8.70. The van der Waals surface area contributed by atoms with Crippen molar-refractivity contribution in [3.63, 3.8) is 0 Å². The van der Waals surface area contributed by atoms with Crippen molar-refractivity contribution in [3.05, 3.63) is 84.2 Å². The van der Waals surface area contributed by atoms with E-state index < -0.39 is 0 Å². The fraction of sp³-hybridized carbons (Fsp3) is 0.233. The van der Waals surface area contributed by atoms with Gasteiger partial charge in [0, 0.05) is 28.7 Å². The standard InChI is InChI=1S/C22H23N5O.C8H8O2/c1-3-15-5-4-6-17(11-15)27-22-18-12-20(26-16-7-9-23-10-8-16)21(28-2)13-19(18)24-14-25-22;9-7-10-6-8-4-2-1-3-5-8/h1,4-6,11-14,16,23,26H,7-10H2,2H3,(H,24,25,27);1-5,7H,6H2. The molecule has 5 rings (SSSR count).